The second-order valence-electron chi connectivity index (χ2n) is 2.77. The predicted molar refractivity (Wildman–Crippen MR) is 35.6 cm³/mol. The number of ether oxygens (including phenoxy) is 1. The summed E-state index contributed by atoms with van der Waals surface area (Å²) in [6.07, 6.45) is 0.0187. The smallest absolute Gasteiger partial charge is 0.130 e. The van der Waals surface area contributed by atoms with Gasteiger partial charge in [-0.3, -0.25) is 0 Å². The summed E-state index contributed by atoms with van der Waals surface area (Å²) < 4.78 is 4.97. The van der Waals surface area contributed by atoms with Gasteiger partial charge in [0.1, 0.15) is 5.78 Å². The summed E-state index contributed by atoms with van der Waals surface area (Å²) in [6.45, 7) is 2.45. The summed E-state index contributed by atoms with van der Waals surface area (Å²) in [5.74, 6) is 0.159. The minimum Gasteiger partial charge on any atom is -0.390 e. The number of carbonyl (C=O) groups excluding carboxylic acids is 1. The number of ketones is 1. The van der Waals surface area contributed by atoms with Gasteiger partial charge in [0.25, 0.3) is 0 Å². The lowest BCUT2D eigenvalue weighted by Gasteiger charge is -2.08. The lowest BCUT2D eigenvalue weighted by Crippen LogP contribution is -2.19. The molecular formula is C7H12O3. The molecule has 0 bridgehead atoms. The van der Waals surface area contributed by atoms with Crippen molar-refractivity contribution in [3.05, 3.63) is 0 Å². The zero-order valence-corrected chi connectivity index (χ0v) is 6.04. The molecule has 1 aliphatic heterocycles. The Morgan fingerprint density at radius 3 is 2.80 bits per heavy atom. The molecule has 1 heterocycles. The van der Waals surface area contributed by atoms with Gasteiger partial charge in [-0.25, -0.2) is 0 Å². The van der Waals surface area contributed by atoms with Crippen molar-refractivity contribution < 1.29 is 14.6 Å². The van der Waals surface area contributed by atoms with Crippen LogP contribution in [0, 0.1) is 5.92 Å². The molecule has 0 spiro atoms. The van der Waals surface area contributed by atoms with E-state index in [4.69, 9.17) is 9.84 Å². The number of hydrogen-bond acceptors (Lipinski definition) is 3. The monoisotopic (exact) mass is 144 g/mol. The van der Waals surface area contributed by atoms with Crippen LogP contribution >= 0.6 is 0 Å². The van der Waals surface area contributed by atoms with Gasteiger partial charge in [-0.15, -0.1) is 0 Å². The fraction of sp³-hybridized carbons (Fsp3) is 0.857. The van der Waals surface area contributed by atoms with Gasteiger partial charge in [-0.05, 0) is 6.92 Å². The number of carbonyl (C=O) groups is 1. The Labute approximate surface area is 60.0 Å². The van der Waals surface area contributed by atoms with Crippen molar-refractivity contribution in [2.45, 2.75) is 19.4 Å². The van der Waals surface area contributed by atoms with E-state index in [2.05, 4.69) is 0 Å². The first-order chi connectivity index (χ1) is 4.70. The van der Waals surface area contributed by atoms with E-state index in [1.165, 1.54) is 6.92 Å². The lowest BCUT2D eigenvalue weighted by atomic mass is 10.0. The van der Waals surface area contributed by atoms with Gasteiger partial charge in [0.2, 0.25) is 0 Å². The highest BCUT2D eigenvalue weighted by molar-refractivity contribution is 5.75. The van der Waals surface area contributed by atoms with Crippen LogP contribution in [0.1, 0.15) is 13.3 Å². The largest absolute Gasteiger partial charge is 0.390 e. The van der Waals surface area contributed by atoms with Gasteiger partial charge in [-0.1, -0.05) is 0 Å². The zero-order valence-electron chi connectivity index (χ0n) is 6.04. The van der Waals surface area contributed by atoms with Crippen molar-refractivity contribution in [3.8, 4) is 0 Å². The molecule has 0 amide bonds. The standard InChI is InChI=1S/C7H12O3/c1-5(8)2-6-3-10-4-7(6)9/h6-7,9H,2-4H2,1H3. The number of aliphatic hydroxyl groups is 1. The van der Waals surface area contributed by atoms with Crippen molar-refractivity contribution in [3.63, 3.8) is 0 Å². The third kappa shape index (κ3) is 1.78. The molecule has 1 rings (SSSR count). The molecule has 1 saturated heterocycles. The molecule has 3 heteroatoms. The Morgan fingerprint density at radius 1 is 1.70 bits per heavy atom. The molecule has 0 saturated carbocycles. The molecule has 0 aromatic heterocycles. The van der Waals surface area contributed by atoms with E-state index in [1.807, 2.05) is 0 Å². The molecule has 3 nitrogen and oxygen atoms in total. The molecule has 0 radical (unpaired) electrons. The van der Waals surface area contributed by atoms with Crippen LogP contribution in [0.4, 0.5) is 0 Å². The summed E-state index contributed by atoms with van der Waals surface area (Å²) >= 11 is 0. The van der Waals surface area contributed by atoms with Crippen LogP contribution < -0.4 is 0 Å². The molecule has 2 atom stereocenters. The maximum Gasteiger partial charge on any atom is 0.130 e. The summed E-state index contributed by atoms with van der Waals surface area (Å²) in [5, 5.41) is 9.16. The molecule has 0 aromatic rings. The molecular weight excluding hydrogens is 132 g/mol. The van der Waals surface area contributed by atoms with Gasteiger partial charge in [0, 0.05) is 12.3 Å². The Bertz CT molecular complexity index is 133. The minimum atomic E-state index is -0.427. The SMILES string of the molecule is CC(=O)CC1COCC1O. The quantitative estimate of drug-likeness (QED) is 0.592. The van der Waals surface area contributed by atoms with Crippen molar-refractivity contribution in [1.82, 2.24) is 0 Å². The van der Waals surface area contributed by atoms with Crippen LogP contribution in [0.5, 0.6) is 0 Å². The van der Waals surface area contributed by atoms with E-state index >= 15 is 0 Å². The Kier molecular flexibility index (Phi) is 2.40. The van der Waals surface area contributed by atoms with E-state index in [9.17, 15) is 4.79 Å². The van der Waals surface area contributed by atoms with Crippen LogP contribution in [-0.2, 0) is 9.53 Å². The van der Waals surface area contributed by atoms with Gasteiger partial charge < -0.3 is 14.6 Å². The number of Topliss-reactive ketones (excluding diaryl/α,β-unsaturated/α-hetero) is 1. The second kappa shape index (κ2) is 3.12. The maximum atomic E-state index is 10.6. The lowest BCUT2D eigenvalue weighted by molar-refractivity contribution is -0.118. The Balaban J connectivity index is 2.33. The summed E-state index contributed by atoms with van der Waals surface area (Å²) in [6, 6.07) is 0. The first-order valence-corrected chi connectivity index (χ1v) is 3.45. The van der Waals surface area contributed by atoms with Crippen LogP contribution in [0.2, 0.25) is 0 Å². The van der Waals surface area contributed by atoms with Gasteiger partial charge in [-0.2, -0.15) is 0 Å². The Morgan fingerprint density at radius 2 is 2.40 bits per heavy atom. The first kappa shape index (κ1) is 7.69. The molecule has 1 fully saturated rings. The van der Waals surface area contributed by atoms with Crippen LogP contribution in [0.3, 0.4) is 0 Å². The van der Waals surface area contributed by atoms with Crippen LogP contribution in [0.25, 0.3) is 0 Å². The van der Waals surface area contributed by atoms with Crippen LogP contribution in [0.15, 0.2) is 0 Å². The third-order valence-electron chi connectivity index (χ3n) is 1.71. The zero-order chi connectivity index (χ0) is 7.56. The topological polar surface area (TPSA) is 46.5 Å². The molecule has 0 aliphatic carbocycles. The molecule has 58 valence electrons. The highest BCUT2D eigenvalue weighted by Crippen LogP contribution is 2.16. The van der Waals surface area contributed by atoms with Gasteiger partial charge >= 0.3 is 0 Å². The molecule has 1 aliphatic rings. The molecule has 0 aromatic carbocycles. The normalized spacial score (nSPS) is 32.6. The molecule has 2 unspecified atom stereocenters. The number of hydrogen-bond donors (Lipinski definition) is 1. The fourth-order valence-electron chi connectivity index (χ4n) is 1.15. The van der Waals surface area contributed by atoms with Crippen LogP contribution in [-0.4, -0.2) is 30.2 Å². The maximum absolute atomic E-state index is 10.6. The van der Waals surface area contributed by atoms with E-state index in [0.29, 0.717) is 19.6 Å². The molecule has 10 heavy (non-hydrogen) atoms. The first-order valence-electron chi connectivity index (χ1n) is 3.45. The average molecular weight is 144 g/mol. The van der Waals surface area contributed by atoms with Crippen molar-refractivity contribution >= 4 is 5.78 Å². The fourth-order valence-corrected chi connectivity index (χ4v) is 1.15. The van der Waals surface area contributed by atoms with E-state index < -0.39 is 6.10 Å². The van der Waals surface area contributed by atoms with Crippen molar-refractivity contribution in [2.24, 2.45) is 5.92 Å². The van der Waals surface area contributed by atoms with Gasteiger partial charge in [0.15, 0.2) is 0 Å². The average Bonchev–Trinajstić information content (AvgIpc) is 2.15. The number of aliphatic hydroxyl groups excluding tert-OH is 1. The highest BCUT2D eigenvalue weighted by Gasteiger charge is 2.26. The summed E-state index contributed by atoms with van der Waals surface area (Å²) in [7, 11) is 0. The molecule has 1 N–H and O–H groups in total. The van der Waals surface area contributed by atoms with E-state index in [0.717, 1.165) is 0 Å². The van der Waals surface area contributed by atoms with E-state index in [-0.39, 0.29) is 11.7 Å². The Hall–Kier alpha value is -0.410. The highest BCUT2D eigenvalue weighted by atomic mass is 16.5. The number of rotatable bonds is 2. The second-order valence-corrected chi connectivity index (χ2v) is 2.77. The van der Waals surface area contributed by atoms with Crippen molar-refractivity contribution in [2.75, 3.05) is 13.2 Å². The van der Waals surface area contributed by atoms with E-state index in [1.54, 1.807) is 0 Å². The summed E-state index contributed by atoms with van der Waals surface area (Å²) in [5.41, 5.74) is 0. The summed E-state index contributed by atoms with van der Waals surface area (Å²) in [4.78, 5) is 10.6. The van der Waals surface area contributed by atoms with Gasteiger partial charge in [0.05, 0.1) is 19.3 Å². The minimum absolute atomic E-state index is 0.0394. The predicted octanol–water partition coefficient (Wildman–Crippen LogP) is -0.0272. The van der Waals surface area contributed by atoms with Crippen molar-refractivity contribution in [1.29, 1.82) is 0 Å². The third-order valence-corrected chi connectivity index (χ3v) is 1.71.